The van der Waals surface area contributed by atoms with E-state index >= 15 is 0 Å². The highest BCUT2D eigenvalue weighted by atomic mass is 16.3. The Morgan fingerprint density at radius 3 is 1.23 bits per heavy atom. The molecule has 13 rings (SSSR count). The maximum absolute atomic E-state index is 6.21. The second-order valence-electron chi connectivity index (χ2n) is 17.7. The first-order valence-corrected chi connectivity index (χ1v) is 23.6. The molecule has 69 heavy (non-hydrogen) atoms. The number of furan rings is 1. The van der Waals surface area contributed by atoms with Gasteiger partial charge in [0.05, 0.1) is 11.0 Å². The zero-order valence-corrected chi connectivity index (χ0v) is 37.7. The zero-order chi connectivity index (χ0) is 45.7. The summed E-state index contributed by atoms with van der Waals surface area (Å²) in [5.74, 6) is 0. The Labute approximate surface area is 401 Å². The molecule has 0 saturated heterocycles. The predicted molar refractivity (Wildman–Crippen MR) is 290 cm³/mol. The summed E-state index contributed by atoms with van der Waals surface area (Å²) in [6.45, 7) is 0. The number of aromatic nitrogens is 1. The predicted octanol–water partition coefficient (Wildman–Crippen LogP) is 18.5. The normalized spacial score (nSPS) is 11.5. The van der Waals surface area contributed by atoms with Crippen LogP contribution in [-0.2, 0) is 0 Å². The molecule has 0 atom stereocenters. The summed E-state index contributed by atoms with van der Waals surface area (Å²) in [7, 11) is 0. The number of anilines is 3. The first-order chi connectivity index (χ1) is 34.2. The number of benzene rings is 11. The van der Waals surface area contributed by atoms with Gasteiger partial charge in [-0.05, 0) is 134 Å². The van der Waals surface area contributed by atoms with E-state index in [1.807, 2.05) is 12.1 Å². The lowest BCUT2D eigenvalue weighted by atomic mass is 9.97. The summed E-state index contributed by atoms with van der Waals surface area (Å²) in [6, 6.07) is 96.0. The van der Waals surface area contributed by atoms with E-state index in [0.717, 1.165) is 66.9 Å². The lowest BCUT2D eigenvalue weighted by Crippen LogP contribution is -2.09. The molecule has 0 spiro atoms. The molecule has 0 N–H and O–H groups in total. The van der Waals surface area contributed by atoms with Gasteiger partial charge in [0.2, 0.25) is 0 Å². The first kappa shape index (κ1) is 40.1. The fourth-order valence-electron chi connectivity index (χ4n) is 10.2. The van der Waals surface area contributed by atoms with Gasteiger partial charge in [-0.2, -0.15) is 0 Å². The minimum absolute atomic E-state index is 0.907. The lowest BCUT2D eigenvalue weighted by Gasteiger charge is -2.26. The molecule has 0 saturated carbocycles. The van der Waals surface area contributed by atoms with Crippen LogP contribution in [-0.4, -0.2) is 4.57 Å². The molecule has 3 nitrogen and oxygen atoms in total. The van der Waals surface area contributed by atoms with Crippen molar-refractivity contribution in [3.63, 3.8) is 0 Å². The van der Waals surface area contributed by atoms with Gasteiger partial charge in [-0.1, -0.05) is 188 Å². The molecule has 0 fully saturated rings. The quantitative estimate of drug-likeness (QED) is 0.144. The fraction of sp³-hybridized carbons (Fsp3) is 0. The number of fused-ring (bicyclic) bond motifs is 6. The molecule has 3 heteroatoms. The van der Waals surface area contributed by atoms with Gasteiger partial charge < -0.3 is 13.9 Å². The van der Waals surface area contributed by atoms with Crippen molar-refractivity contribution >= 4 is 60.8 Å². The molecule has 11 aromatic carbocycles. The third-order valence-electron chi connectivity index (χ3n) is 13.7. The number of hydrogen-bond donors (Lipinski definition) is 0. The minimum Gasteiger partial charge on any atom is -0.456 e. The van der Waals surface area contributed by atoms with Gasteiger partial charge in [0.1, 0.15) is 11.2 Å². The number of hydrogen-bond acceptors (Lipinski definition) is 2. The molecule has 0 aliphatic heterocycles. The van der Waals surface area contributed by atoms with E-state index in [1.165, 1.54) is 55.2 Å². The van der Waals surface area contributed by atoms with Gasteiger partial charge in [0.25, 0.3) is 0 Å². The largest absolute Gasteiger partial charge is 0.456 e. The van der Waals surface area contributed by atoms with Gasteiger partial charge in [0, 0.05) is 44.3 Å². The Kier molecular flexibility index (Phi) is 9.84. The SMILES string of the molecule is c1ccc(-c2cccc(-c3ccc(N(c4ccc(-c5ccc(-c6cccc7oc8ccccc8c67)cc5)cc4)c4ccc(-c5ccc(-n6c7ccccc7c7ccccc76)cc5)cc4)cc3)c2)cc1. The molecule has 0 unspecified atom stereocenters. The minimum atomic E-state index is 0.907. The Morgan fingerprint density at radius 2 is 0.667 bits per heavy atom. The molecular formula is C66H44N2O. The Hall–Kier alpha value is -9.18. The van der Waals surface area contributed by atoms with E-state index in [4.69, 9.17) is 4.42 Å². The van der Waals surface area contributed by atoms with Gasteiger partial charge in [-0.15, -0.1) is 0 Å². The molecule has 0 aliphatic rings. The topological polar surface area (TPSA) is 21.3 Å². The van der Waals surface area contributed by atoms with E-state index in [1.54, 1.807) is 0 Å². The molecule has 0 amide bonds. The monoisotopic (exact) mass is 880 g/mol. The van der Waals surface area contributed by atoms with Gasteiger partial charge in [0.15, 0.2) is 0 Å². The lowest BCUT2D eigenvalue weighted by molar-refractivity contribution is 0.669. The molecule has 2 aromatic heterocycles. The molecule has 0 bridgehead atoms. The molecule has 2 heterocycles. The molecular weight excluding hydrogens is 837 g/mol. The highest BCUT2D eigenvalue weighted by Gasteiger charge is 2.17. The summed E-state index contributed by atoms with van der Waals surface area (Å²) in [5, 5.41) is 4.82. The van der Waals surface area contributed by atoms with Crippen LogP contribution in [0.15, 0.2) is 271 Å². The van der Waals surface area contributed by atoms with E-state index in [-0.39, 0.29) is 0 Å². The van der Waals surface area contributed by atoms with E-state index < -0.39 is 0 Å². The van der Waals surface area contributed by atoms with Crippen LogP contribution in [0.1, 0.15) is 0 Å². The Morgan fingerprint density at radius 1 is 0.275 bits per heavy atom. The van der Waals surface area contributed by atoms with Crippen molar-refractivity contribution in [2.45, 2.75) is 0 Å². The van der Waals surface area contributed by atoms with Crippen molar-refractivity contribution in [1.29, 1.82) is 0 Å². The Bertz CT molecular complexity index is 3910. The van der Waals surface area contributed by atoms with Crippen molar-refractivity contribution in [2.75, 3.05) is 4.90 Å². The van der Waals surface area contributed by atoms with Crippen molar-refractivity contribution in [2.24, 2.45) is 0 Å². The maximum atomic E-state index is 6.21. The van der Waals surface area contributed by atoms with E-state index in [2.05, 4.69) is 264 Å². The highest BCUT2D eigenvalue weighted by molar-refractivity contribution is 6.12. The van der Waals surface area contributed by atoms with Crippen LogP contribution in [0, 0.1) is 0 Å². The second kappa shape index (κ2) is 16.9. The van der Waals surface area contributed by atoms with Crippen molar-refractivity contribution in [1.82, 2.24) is 4.57 Å². The summed E-state index contributed by atoms with van der Waals surface area (Å²) >= 11 is 0. The highest BCUT2D eigenvalue weighted by Crippen LogP contribution is 2.41. The summed E-state index contributed by atoms with van der Waals surface area (Å²) in [5.41, 5.74) is 20.4. The summed E-state index contributed by atoms with van der Waals surface area (Å²) in [6.07, 6.45) is 0. The number of nitrogens with zero attached hydrogens (tertiary/aromatic N) is 2. The van der Waals surface area contributed by atoms with E-state index in [9.17, 15) is 0 Å². The van der Waals surface area contributed by atoms with Gasteiger partial charge in [-0.3, -0.25) is 0 Å². The number of para-hydroxylation sites is 3. The van der Waals surface area contributed by atoms with Crippen LogP contribution < -0.4 is 4.90 Å². The fourth-order valence-corrected chi connectivity index (χ4v) is 10.2. The van der Waals surface area contributed by atoms with Gasteiger partial charge in [-0.25, -0.2) is 0 Å². The van der Waals surface area contributed by atoms with Crippen molar-refractivity contribution in [3.8, 4) is 61.3 Å². The summed E-state index contributed by atoms with van der Waals surface area (Å²) in [4.78, 5) is 2.35. The smallest absolute Gasteiger partial charge is 0.136 e. The van der Waals surface area contributed by atoms with Crippen LogP contribution in [0.2, 0.25) is 0 Å². The molecule has 13 aromatic rings. The van der Waals surface area contributed by atoms with Crippen LogP contribution in [0.25, 0.3) is 105 Å². The van der Waals surface area contributed by atoms with E-state index in [0.29, 0.717) is 0 Å². The average Bonchev–Trinajstić information content (AvgIpc) is 3.98. The first-order valence-electron chi connectivity index (χ1n) is 23.6. The van der Waals surface area contributed by atoms with Crippen molar-refractivity contribution < 1.29 is 4.42 Å². The van der Waals surface area contributed by atoms with Crippen LogP contribution in [0.4, 0.5) is 17.1 Å². The zero-order valence-electron chi connectivity index (χ0n) is 37.7. The van der Waals surface area contributed by atoms with Crippen LogP contribution >= 0.6 is 0 Å². The number of rotatable bonds is 9. The molecule has 0 radical (unpaired) electrons. The second-order valence-corrected chi connectivity index (χ2v) is 17.7. The summed E-state index contributed by atoms with van der Waals surface area (Å²) < 4.78 is 8.57. The van der Waals surface area contributed by atoms with Crippen molar-refractivity contribution in [3.05, 3.63) is 267 Å². The molecule has 324 valence electrons. The third-order valence-corrected chi connectivity index (χ3v) is 13.7. The average molecular weight is 881 g/mol. The maximum Gasteiger partial charge on any atom is 0.136 e. The molecule has 0 aliphatic carbocycles. The van der Waals surface area contributed by atoms with Crippen LogP contribution in [0.3, 0.4) is 0 Å². The van der Waals surface area contributed by atoms with Crippen LogP contribution in [0.5, 0.6) is 0 Å². The van der Waals surface area contributed by atoms with Gasteiger partial charge >= 0.3 is 0 Å². The Balaban J connectivity index is 0.825. The standard InChI is InChI=1S/C66H44N2O/c1-2-12-45(13-3-1)52-14-10-15-53(44-52)50-34-40-56(41-35-50)67(54-36-28-47(29-37-54)46-24-26-51(27-25-46)58-19-11-23-65-66(58)61-18-6-9-22-64(61)69-65)55-38-30-48(31-39-55)49-32-42-57(43-33-49)68-62-20-7-4-16-59(62)60-17-5-8-21-63(60)68/h1-44H. The third kappa shape index (κ3) is 7.25.